The Labute approximate surface area is 91.3 Å². The lowest BCUT2D eigenvalue weighted by Crippen LogP contribution is -2.30. The molecule has 88 valence electrons. The van der Waals surface area contributed by atoms with Crippen LogP contribution in [-0.4, -0.2) is 29.5 Å². The van der Waals surface area contributed by atoms with E-state index in [0.29, 0.717) is 5.56 Å². The molecule has 0 radical (unpaired) electrons. The summed E-state index contributed by atoms with van der Waals surface area (Å²) in [6, 6.07) is 2.02. The molecule has 1 amide bonds. The van der Waals surface area contributed by atoms with E-state index in [1.54, 1.807) is 7.05 Å². The highest BCUT2D eigenvalue weighted by molar-refractivity contribution is 5.75. The minimum atomic E-state index is -1.03. The molecule has 0 fully saturated rings. The van der Waals surface area contributed by atoms with Crippen molar-refractivity contribution in [1.82, 2.24) is 4.90 Å². The second-order valence-corrected chi connectivity index (χ2v) is 3.55. The van der Waals surface area contributed by atoms with Gasteiger partial charge in [-0.05, 0) is 24.7 Å². The van der Waals surface area contributed by atoms with E-state index in [2.05, 4.69) is 0 Å². The van der Waals surface area contributed by atoms with Crippen LogP contribution in [0.2, 0.25) is 0 Å². The van der Waals surface area contributed by atoms with Gasteiger partial charge in [-0.3, -0.25) is 9.69 Å². The molecule has 0 aromatic heterocycles. The van der Waals surface area contributed by atoms with Crippen LogP contribution in [0.15, 0.2) is 12.1 Å². The maximum atomic E-state index is 13.0. The summed E-state index contributed by atoms with van der Waals surface area (Å²) in [7, 11) is 1.59. The molecule has 6 heteroatoms. The fourth-order valence-electron chi connectivity index (χ4n) is 1.34. The van der Waals surface area contributed by atoms with Crippen LogP contribution >= 0.6 is 0 Å². The first-order chi connectivity index (χ1) is 7.40. The molecule has 0 aliphatic heterocycles. The Morgan fingerprint density at radius 3 is 2.38 bits per heavy atom. The lowest BCUT2D eigenvalue weighted by atomic mass is 10.2. The van der Waals surface area contributed by atoms with Gasteiger partial charge in [-0.2, -0.15) is 0 Å². The van der Waals surface area contributed by atoms with Crippen LogP contribution in [0.25, 0.3) is 0 Å². The van der Waals surface area contributed by atoms with Gasteiger partial charge in [0.05, 0.1) is 6.54 Å². The second kappa shape index (κ2) is 4.89. The minimum absolute atomic E-state index is 0.00981. The molecule has 0 bridgehead atoms. The number of likely N-dealkylation sites (N-methyl/N-ethyl adjacent to an activating group) is 1. The number of hydrogen-bond donors (Lipinski definition) is 2. The Morgan fingerprint density at radius 2 is 1.94 bits per heavy atom. The van der Waals surface area contributed by atoms with Gasteiger partial charge in [0, 0.05) is 6.54 Å². The maximum absolute atomic E-state index is 13.0. The van der Waals surface area contributed by atoms with Crippen molar-refractivity contribution in [3.05, 3.63) is 29.3 Å². The molecule has 0 heterocycles. The molecule has 3 N–H and O–H groups in total. The number of rotatable bonds is 4. The summed E-state index contributed by atoms with van der Waals surface area (Å²) in [6.07, 6.45) is 0. The Morgan fingerprint density at radius 1 is 1.44 bits per heavy atom. The molecule has 1 aromatic rings. The zero-order valence-corrected chi connectivity index (χ0v) is 8.70. The molecule has 0 aliphatic carbocycles. The third-order valence-electron chi connectivity index (χ3n) is 1.95. The van der Waals surface area contributed by atoms with Crippen molar-refractivity contribution in [1.29, 1.82) is 0 Å². The molecule has 1 aromatic carbocycles. The molecule has 1 rings (SSSR count). The topological polar surface area (TPSA) is 66.6 Å². The van der Waals surface area contributed by atoms with Crippen molar-refractivity contribution in [2.24, 2.45) is 5.73 Å². The minimum Gasteiger partial charge on any atom is -0.503 e. The number of carbonyl (C=O) groups excluding carboxylic acids is 1. The monoisotopic (exact) mass is 230 g/mol. The average molecular weight is 230 g/mol. The Kier molecular flexibility index (Phi) is 3.78. The van der Waals surface area contributed by atoms with E-state index in [-0.39, 0.29) is 13.1 Å². The third kappa shape index (κ3) is 3.16. The van der Waals surface area contributed by atoms with Crippen LogP contribution in [0.5, 0.6) is 5.75 Å². The van der Waals surface area contributed by atoms with Crippen LogP contribution in [0, 0.1) is 11.6 Å². The van der Waals surface area contributed by atoms with E-state index < -0.39 is 23.3 Å². The van der Waals surface area contributed by atoms with Gasteiger partial charge in [0.15, 0.2) is 17.4 Å². The molecule has 0 saturated heterocycles. The summed E-state index contributed by atoms with van der Waals surface area (Å²) in [5.74, 6) is -3.58. The molecular formula is C10H12F2N2O2. The summed E-state index contributed by atoms with van der Waals surface area (Å²) in [5, 5.41) is 8.87. The zero-order chi connectivity index (χ0) is 12.3. The number of nitrogens with two attached hydrogens (primary N) is 1. The first-order valence-corrected chi connectivity index (χ1v) is 4.54. The summed E-state index contributed by atoms with van der Waals surface area (Å²) in [4.78, 5) is 12.1. The number of halogens is 2. The van der Waals surface area contributed by atoms with E-state index in [1.807, 2.05) is 0 Å². The van der Waals surface area contributed by atoms with E-state index in [0.717, 1.165) is 12.1 Å². The van der Waals surface area contributed by atoms with Crippen molar-refractivity contribution in [2.75, 3.05) is 13.6 Å². The number of hydrogen-bond acceptors (Lipinski definition) is 3. The lowest BCUT2D eigenvalue weighted by molar-refractivity contribution is -0.118. The summed E-state index contributed by atoms with van der Waals surface area (Å²) in [6.45, 7) is 0.154. The molecule has 0 aliphatic rings. The lowest BCUT2D eigenvalue weighted by Gasteiger charge is -2.14. The molecule has 0 atom stereocenters. The average Bonchev–Trinajstić information content (AvgIpc) is 2.12. The molecule has 0 saturated carbocycles. The molecule has 0 unspecified atom stereocenters. The number of amides is 1. The van der Waals surface area contributed by atoms with Gasteiger partial charge in [0.25, 0.3) is 0 Å². The van der Waals surface area contributed by atoms with Crippen LogP contribution in [0.3, 0.4) is 0 Å². The maximum Gasteiger partial charge on any atom is 0.231 e. The predicted octanol–water partition coefficient (Wildman–Crippen LogP) is 0.588. The standard InChI is InChI=1S/C10H12F2N2O2/c1-14(5-9(13)15)4-6-2-7(11)10(16)8(12)3-6/h2-3,16H,4-5H2,1H3,(H2,13,15). The summed E-state index contributed by atoms with van der Waals surface area (Å²) >= 11 is 0. The van der Waals surface area contributed by atoms with Crippen molar-refractivity contribution in [3.8, 4) is 5.75 Å². The largest absolute Gasteiger partial charge is 0.503 e. The first-order valence-electron chi connectivity index (χ1n) is 4.54. The fraction of sp³-hybridized carbons (Fsp3) is 0.300. The van der Waals surface area contributed by atoms with E-state index in [4.69, 9.17) is 10.8 Å². The highest BCUT2D eigenvalue weighted by Gasteiger charge is 2.11. The van der Waals surface area contributed by atoms with Gasteiger partial charge < -0.3 is 10.8 Å². The third-order valence-corrected chi connectivity index (χ3v) is 1.95. The fourth-order valence-corrected chi connectivity index (χ4v) is 1.34. The Bertz CT molecular complexity index is 387. The number of carbonyl (C=O) groups is 1. The van der Waals surface area contributed by atoms with Gasteiger partial charge in [-0.15, -0.1) is 0 Å². The number of primary amides is 1. The number of aromatic hydroxyl groups is 1. The van der Waals surface area contributed by atoms with Crippen LogP contribution in [0.4, 0.5) is 8.78 Å². The van der Waals surface area contributed by atoms with Crippen LogP contribution < -0.4 is 5.73 Å². The normalized spacial score (nSPS) is 10.8. The first kappa shape index (κ1) is 12.4. The molecule has 4 nitrogen and oxygen atoms in total. The van der Waals surface area contributed by atoms with Gasteiger partial charge in [-0.1, -0.05) is 0 Å². The van der Waals surface area contributed by atoms with Crippen molar-refractivity contribution in [2.45, 2.75) is 6.54 Å². The Balaban J connectivity index is 2.78. The molecule has 16 heavy (non-hydrogen) atoms. The summed E-state index contributed by atoms with van der Waals surface area (Å²) in [5.41, 5.74) is 5.28. The van der Waals surface area contributed by atoms with Crippen LogP contribution in [-0.2, 0) is 11.3 Å². The summed E-state index contributed by atoms with van der Waals surface area (Å²) < 4.78 is 25.9. The predicted molar refractivity (Wildman–Crippen MR) is 53.6 cm³/mol. The number of phenols is 1. The quantitative estimate of drug-likeness (QED) is 0.795. The van der Waals surface area contributed by atoms with Crippen LogP contribution in [0.1, 0.15) is 5.56 Å². The van der Waals surface area contributed by atoms with Gasteiger partial charge in [-0.25, -0.2) is 8.78 Å². The number of phenolic OH excluding ortho intramolecular Hbond substituents is 1. The van der Waals surface area contributed by atoms with E-state index >= 15 is 0 Å². The zero-order valence-electron chi connectivity index (χ0n) is 8.70. The SMILES string of the molecule is CN(CC(N)=O)Cc1cc(F)c(O)c(F)c1. The number of benzene rings is 1. The van der Waals surface area contributed by atoms with E-state index in [1.165, 1.54) is 4.90 Å². The highest BCUT2D eigenvalue weighted by Crippen LogP contribution is 2.21. The van der Waals surface area contributed by atoms with Crippen molar-refractivity contribution >= 4 is 5.91 Å². The van der Waals surface area contributed by atoms with Gasteiger partial charge in [0.2, 0.25) is 5.91 Å². The van der Waals surface area contributed by atoms with Crippen molar-refractivity contribution < 1.29 is 18.7 Å². The number of nitrogens with zero attached hydrogens (tertiary/aromatic N) is 1. The molecule has 0 spiro atoms. The van der Waals surface area contributed by atoms with Crippen molar-refractivity contribution in [3.63, 3.8) is 0 Å². The molecular weight excluding hydrogens is 218 g/mol. The van der Waals surface area contributed by atoms with Gasteiger partial charge in [0.1, 0.15) is 0 Å². The second-order valence-electron chi connectivity index (χ2n) is 3.55. The smallest absolute Gasteiger partial charge is 0.231 e. The highest BCUT2D eigenvalue weighted by atomic mass is 19.1. The van der Waals surface area contributed by atoms with Gasteiger partial charge >= 0.3 is 0 Å². The Hall–Kier alpha value is -1.69. The van der Waals surface area contributed by atoms with E-state index in [9.17, 15) is 13.6 Å².